The van der Waals surface area contributed by atoms with Crippen LogP contribution in [0.1, 0.15) is 5.82 Å². The Morgan fingerprint density at radius 1 is 1.30 bits per heavy atom. The van der Waals surface area contributed by atoms with E-state index in [0.29, 0.717) is 11.0 Å². The highest BCUT2D eigenvalue weighted by Gasteiger charge is 2.10. The van der Waals surface area contributed by atoms with Crippen molar-refractivity contribution in [1.29, 1.82) is 0 Å². The molecule has 6 nitrogen and oxygen atoms in total. The molecule has 0 aliphatic heterocycles. The average molecular weight is 309 g/mol. The zero-order valence-corrected chi connectivity index (χ0v) is 12.0. The van der Waals surface area contributed by atoms with E-state index >= 15 is 0 Å². The second kappa shape index (κ2) is 4.84. The Labute approximate surface area is 121 Å². The standard InChI is InChI=1S/C12H9ClN4O2S/c1-16-4-2-9(18)17(12(16)19)6-8-14-10(13)7-3-5-20-11(7)15-8/h2-5H,6H2,1H3. The van der Waals surface area contributed by atoms with E-state index in [4.69, 9.17) is 11.6 Å². The van der Waals surface area contributed by atoms with Crippen LogP contribution >= 0.6 is 22.9 Å². The maximum atomic E-state index is 11.9. The molecular weight excluding hydrogens is 300 g/mol. The largest absolute Gasteiger partial charge is 0.331 e. The molecule has 0 atom stereocenters. The topological polar surface area (TPSA) is 69.8 Å². The fourth-order valence-corrected chi connectivity index (χ4v) is 2.92. The highest BCUT2D eigenvalue weighted by atomic mass is 35.5. The first-order valence-electron chi connectivity index (χ1n) is 5.72. The van der Waals surface area contributed by atoms with Gasteiger partial charge < -0.3 is 4.57 Å². The number of hydrogen-bond donors (Lipinski definition) is 0. The van der Waals surface area contributed by atoms with Crippen LogP contribution in [-0.4, -0.2) is 19.1 Å². The van der Waals surface area contributed by atoms with E-state index < -0.39 is 5.69 Å². The second-order valence-electron chi connectivity index (χ2n) is 4.20. The minimum absolute atomic E-state index is 0.0000926. The van der Waals surface area contributed by atoms with Gasteiger partial charge in [-0.2, -0.15) is 0 Å². The zero-order chi connectivity index (χ0) is 14.3. The SMILES string of the molecule is Cn1ccc(=O)n(Cc2nc(Cl)c3ccsc3n2)c1=O. The molecule has 0 radical (unpaired) electrons. The molecule has 3 aromatic heterocycles. The van der Waals surface area contributed by atoms with Crippen LogP contribution in [0.15, 0.2) is 33.3 Å². The number of aromatic nitrogens is 4. The fraction of sp³-hybridized carbons (Fsp3) is 0.167. The van der Waals surface area contributed by atoms with E-state index in [2.05, 4.69) is 9.97 Å². The van der Waals surface area contributed by atoms with Crippen LogP contribution in [0.2, 0.25) is 5.15 Å². The van der Waals surface area contributed by atoms with Gasteiger partial charge in [0.2, 0.25) is 0 Å². The summed E-state index contributed by atoms with van der Waals surface area (Å²) in [5.74, 6) is 0.343. The van der Waals surface area contributed by atoms with E-state index in [-0.39, 0.29) is 12.1 Å². The monoisotopic (exact) mass is 308 g/mol. The lowest BCUT2D eigenvalue weighted by Gasteiger charge is -2.06. The molecule has 20 heavy (non-hydrogen) atoms. The minimum atomic E-state index is -0.413. The third-order valence-corrected chi connectivity index (χ3v) is 3.96. The Morgan fingerprint density at radius 2 is 2.10 bits per heavy atom. The molecule has 0 N–H and O–H groups in total. The van der Waals surface area contributed by atoms with Gasteiger partial charge in [-0.15, -0.1) is 11.3 Å². The van der Waals surface area contributed by atoms with Crippen molar-refractivity contribution < 1.29 is 0 Å². The number of hydrogen-bond acceptors (Lipinski definition) is 5. The lowest BCUT2D eigenvalue weighted by Crippen LogP contribution is -2.38. The van der Waals surface area contributed by atoms with Gasteiger partial charge in [0, 0.05) is 24.7 Å². The van der Waals surface area contributed by atoms with E-state index in [1.807, 2.05) is 11.4 Å². The molecule has 8 heteroatoms. The normalized spacial score (nSPS) is 11.1. The summed E-state index contributed by atoms with van der Waals surface area (Å²) in [6.45, 7) is -0.0000926. The second-order valence-corrected chi connectivity index (χ2v) is 5.46. The van der Waals surface area contributed by atoms with Crippen LogP contribution in [0.5, 0.6) is 0 Å². The first kappa shape index (κ1) is 13.0. The first-order valence-corrected chi connectivity index (χ1v) is 6.98. The maximum absolute atomic E-state index is 11.9. The molecule has 0 unspecified atom stereocenters. The van der Waals surface area contributed by atoms with Gasteiger partial charge in [-0.05, 0) is 11.4 Å². The van der Waals surface area contributed by atoms with Gasteiger partial charge in [-0.3, -0.25) is 9.36 Å². The van der Waals surface area contributed by atoms with Crippen molar-refractivity contribution in [1.82, 2.24) is 19.1 Å². The molecule has 0 saturated carbocycles. The third kappa shape index (κ3) is 2.14. The Kier molecular flexibility index (Phi) is 3.15. The minimum Gasteiger partial charge on any atom is -0.303 e. The van der Waals surface area contributed by atoms with Crippen LogP contribution < -0.4 is 11.2 Å². The highest BCUT2D eigenvalue weighted by Crippen LogP contribution is 2.24. The van der Waals surface area contributed by atoms with Gasteiger partial charge in [0.1, 0.15) is 9.98 Å². The molecule has 0 bridgehead atoms. The Bertz CT molecular complexity index is 912. The zero-order valence-electron chi connectivity index (χ0n) is 10.4. The number of thiophene rings is 1. The lowest BCUT2D eigenvalue weighted by atomic mass is 10.4. The number of halogens is 1. The Hall–Kier alpha value is -1.99. The van der Waals surface area contributed by atoms with Crippen molar-refractivity contribution in [2.75, 3.05) is 0 Å². The van der Waals surface area contributed by atoms with Crippen LogP contribution in [0.3, 0.4) is 0 Å². The summed E-state index contributed by atoms with van der Waals surface area (Å²) in [5, 5.41) is 2.96. The van der Waals surface area contributed by atoms with E-state index in [1.165, 1.54) is 28.2 Å². The lowest BCUT2D eigenvalue weighted by molar-refractivity contribution is 0.622. The number of aryl methyl sites for hydroxylation is 1. The summed E-state index contributed by atoms with van der Waals surface area (Å²) >= 11 is 7.50. The number of fused-ring (bicyclic) bond motifs is 1. The van der Waals surface area contributed by atoms with Crippen molar-refractivity contribution in [2.45, 2.75) is 6.54 Å². The summed E-state index contributed by atoms with van der Waals surface area (Å²) in [5.41, 5.74) is -0.803. The van der Waals surface area contributed by atoms with Gasteiger partial charge in [0.05, 0.1) is 6.54 Å². The molecule has 3 aromatic rings. The van der Waals surface area contributed by atoms with Crippen molar-refractivity contribution in [3.8, 4) is 0 Å². The van der Waals surface area contributed by atoms with E-state index in [9.17, 15) is 9.59 Å². The van der Waals surface area contributed by atoms with Crippen LogP contribution in [-0.2, 0) is 13.6 Å². The quantitative estimate of drug-likeness (QED) is 0.668. The molecule has 0 spiro atoms. The molecule has 102 valence electrons. The summed E-state index contributed by atoms with van der Waals surface area (Å²) in [6, 6.07) is 3.16. The Morgan fingerprint density at radius 3 is 2.90 bits per heavy atom. The molecule has 0 aromatic carbocycles. The molecule has 0 fully saturated rings. The maximum Gasteiger partial charge on any atom is 0.331 e. The fourth-order valence-electron chi connectivity index (χ4n) is 1.83. The third-order valence-electron chi connectivity index (χ3n) is 2.86. The molecular formula is C12H9ClN4O2S. The van der Waals surface area contributed by atoms with Crippen LogP contribution in [0.4, 0.5) is 0 Å². The number of nitrogens with zero attached hydrogens (tertiary/aromatic N) is 4. The van der Waals surface area contributed by atoms with Crippen LogP contribution in [0.25, 0.3) is 10.2 Å². The van der Waals surface area contributed by atoms with Crippen molar-refractivity contribution in [3.05, 3.63) is 55.5 Å². The van der Waals surface area contributed by atoms with Crippen molar-refractivity contribution in [3.63, 3.8) is 0 Å². The van der Waals surface area contributed by atoms with Crippen molar-refractivity contribution >= 4 is 33.2 Å². The Balaban J connectivity index is 2.12. The summed E-state index contributed by atoms with van der Waals surface area (Å²) in [7, 11) is 1.58. The smallest absolute Gasteiger partial charge is 0.303 e. The van der Waals surface area contributed by atoms with Gasteiger partial charge in [-0.1, -0.05) is 11.6 Å². The summed E-state index contributed by atoms with van der Waals surface area (Å²) in [4.78, 5) is 32.9. The van der Waals surface area contributed by atoms with E-state index in [0.717, 1.165) is 14.8 Å². The molecule has 0 aliphatic rings. The molecule has 3 rings (SSSR count). The summed E-state index contributed by atoms with van der Waals surface area (Å²) in [6.07, 6.45) is 1.43. The van der Waals surface area contributed by atoms with Gasteiger partial charge in [-0.25, -0.2) is 14.8 Å². The predicted molar refractivity (Wildman–Crippen MR) is 77.5 cm³/mol. The first-order chi connectivity index (χ1) is 9.56. The molecule has 0 saturated heterocycles. The summed E-state index contributed by atoms with van der Waals surface area (Å²) < 4.78 is 2.40. The average Bonchev–Trinajstić information content (AvgIpc) is 2.88. The van der Waals surface area contributed by atoms with Crippen LogP contribution in [0, 0.1) is 0 Å². The van der Waals surface area contributed by atoms with Gasteiger partial charge >= 0.3 is 5.69 Å². The van der Waals surface area contributed by atoms with Crippen molar-refractivity contribution in [2.24, 2.45) is 7.05 Å². The number of rotatable bonds is 2. The van der Waals surface area contributed by atoms with E-state index in [1.54, 1.807) is 7.05 Å². The molecule has 3 heterocycles. The van der Waals surface area contributed by atoms with Gasteiger partial charge in [0.15, 0.2) is 5.82 Å². The predicted octanol–water partition coefficient (Wildman–Crippen LogP) is 1.25. The molecule has 0 amide bonds. The highest BCUT2D eigenvalue weighted by molar-refractivity contribution is 7.16. The van der Waals surface area contributed by atoms with Gasteiger partial charge in [0.25, 0.3) is 5.56 Å². The molecule has 0 aliphatic carbocycles.